The Hall–Kier alpha value is -0.910. The Labute approximate surface area is 129 Å². The number of thiophene rings is 1. The largest absolute Gasteiger partial charge is 0.395 e. The SMILES string of the molecule is O=S(=O)(CC1CCCO1)NCc1cc(C#CCCO)cs1. The molecule has 116 valence electrons. The standard InChI is InChI=1S/C14H19NO4S2/c16-6-2-1-4-12-8-14(20-10-12)9-15-21(17,18)11-13-5-3-7-19-13/h8,10,13,15-16H,2-3,5-7,9,11H2. The highest BCUT2D eigenvalue weighted by molar-refractivity contribution is 7.89. The second kappa shape index (κ2) is 7.92. The average molecular weight is 329 g/mol. The summed E-state index contributed by atoms with van der Waals surface area (Å²) < 4.78 is 31.8. The zero-order valence-electron chi connectivity index (χ0n) is 11.7. The van der Waals surface area contributed by atoms with Crippen molar-refractivity contribution in [2.75, 3.05) is 19.0 Å². The number of hydrogen-bond donors (Lipinski definition) is 2. The lowest BCUT2D eigenvalue weighted by Crippen LogP contribution is -2.31. The highest BCUT2D eigenvalue weighted by atomic mass is 32.2. The third-order valence-corrected chi connectivity index (χ3v) is 5.35. The summed E-state index contributed by atoms with van der Waals surface area (Å²) in [4.78, 5) is 0.916. The van der Waals surface area contributed by atoms with Gasteiger partial charge in [-0.25, -0.2) is 13.1 Å². The van der Waals surface area contributed by atoms with Crippen molar-refractivity contribution in [2.45, 2.75) is 31.9 Å². The lowest BCUT2D eigenvalue weighted by Gasteiger charge is -2.10. The van der Waals surface area contributed by atoms with E-state index >= 15 is 0 Å². The maximum absolute atomic E-state index is 11.9. The number of hydrogen-bond acceptors (Lipinski definition) is 5. The van der Waals surface area contributed by atoms with Gasteiger partial charge in [0.15, 0.2) is 0 Å². The van der Waals surface area contributed by atoms with Crippen LogP contribution in [0.2, 0.25) is 0 Å². The zero-order chi connectivity index (χ0) is 15.1. The van der Waals surface area contributed by atoms with Crippen molar-refractivity contribution in [3.63, 3.8) is 0 Å². The first-order valence-corrected chi connectivity index (χ1v) is 9.38. The molecule has 0 aromatic carbocycles. The molecule has 0 amide bonds. The molecule has 7 heteroatoms. The first-order chi connectivity index (χ1) is 10.1. The van der Waals surface area contributed by atoms with Crippen LogP contribution in [0.5, 0.6) is 0 Å². The van der Waals surface area contributed by atoms with Crippen molar-refractivity contribution in [2.24, 2.45) is 0 Å². The van der Waals surface area contributed by atoms with Gasteiger partial charge in [0.25, 0.3) is 0 Å². The van der Waals surface area contributed by atoms with Gasteiger partial charge in [0.05, 0.1) is 18.5 Å². The molecule has 2 N–H and O–H groups in total. The normalized spacial score (nSPS) is 18.4. The minimum absolute atomic E-state index is 0.0293. The van der Waals surface area contributed by atoms with Crippen molar-refractivity contribution < 1.29 is 18.3 Å². The van der Waals surface area contributed by atoms with Crippen LogP contribution in [0.3, 0.4) is 0 Å². The van der Waals surface area contributed by atoms with Crippen molar-refractivity contribution in [3.8, 4) is 11.8 Å². The van der Waals surface area contributed by atoms with Gasteiger partial charge in [-0.05, 0) is 18.9 Å². The van der Waals surface area contributed by atoms with E-state index < -0.39 is 10.0 Å². The molecule has 1 atom stereocenters. The summed E-state index contributed by atoms with van der Waals surface area (Å²) in [6, 6.07) is 1.86. The second-order valence-corrected chi connectivity index (χ2v) is 7.66. The van der Waals surface area contributed by atoms with E-state index in [2.05, 4.69) is 16.6 Å². The Balaban J connectivity index is 1.83. The highest BCUT2D eigenvalue weighted by Gasteiger charge is 2.23. The van der Waals surface area contributed by atoms with E-state index in [0.29, 0.717) is 13.0 Å². The Bertz CT molecular complexity index is 606. The molecule has 1 unspecified atom stereocenters. The van der Waals surface area contributed by atoms with Crippen LogP contribution in [0.15, 0.2) is 11.4 Å². The van der Waals surface area contributed by atoms with Crippen LogP contribution < -0.4 is 4.72 Å². The molecule has 0 saturated carbocycles. The molecular formula is C14H19NO4S2. The molecule has 21 heavy (non-hydrogen) atoms. The molecule has 1 aromatic heterocycles. The average Bonchev–Trinajstić information content (AvgIpc) is 3.08. The van der Waals surface area contributed by atoms with Gasteiger partial charge in [0.2, 0.25) is 10.0 Å². The molecule has 1 aliphatic rings. The van der Waals surface area contributed by atoms with Gasteiger partial charge in [-0.15, -0.1) is 11.3 Å². The van der Waals surface area contributed by atoms with Crippen molar-refractivity contribution in [1.82, 2.24) is 4.72 Å². The number of aliphatic hydroxyl groups is 1. The fraction of sp³-hybridized carbons (Fsp3) is 0.571. The summed E-state index contributed by atoms with van der Waals surface area (Å²) in [5, 5.41) is 10.5. The van der Waals surface area contributed by atoms with Gasteiger partial charge < -0.3 is 9.84 Å². The fourth-order valence-corrected chi connectivity index (χ4v) is 4.11. The fourth-order valence-electron chi connectivity index (χ4n) is 2.02. The van der Waals surface area contributed by atoms with Gasteiger partial charge in [-0.1, -0.05) is 11.8 Å². The number of sulfonamides is 1. The van der Waals surface area contributed by atoms with Crippen LogP contribution in [0.25, 0.3) is 0 Å². The van der Waals surface area contributed by atoms with Crippen molar-refractivity contribution >= 4 is 21.4 Å². The van der Waals surface area contributed by atoms with E-state index in [4.69, 9.17) is 9.84 Å². The first-order valence-electron chi connectivity index (χ1n) is 6.85. The number of ether oxygens (including phenoxy) is 1. The monoisotopic (exact) mass is 329 g/mol. The van der Waals surface area contributed by atoms with E-state index in [1.54, 1.807) is 0 Å². The summed E-state index contributed by atoms with van der Waals surface area (Å²) in [5.41, 5.74) is 0.849. The maximum Gasteiger partial charge on any atom is 0.214 e. The molecule has 2 heterocycles. The first kappa shape index (κ1) is 16.5. The minimum Gasteiger partial charge on any atom is -0.395 e. The van der Waals surface area contributed by atoms with Crippen LogP contribution >= 0.6 is 11.3 Å². The molecule has 1 aliphatic heterocycles. The molecule has 5 nitrogen and oxygen atoms in total. The van der Waals surface area contributed by atoms with E-state index in [1.807, 2.05) is 11.4 Å². The number of nitrogens with one attached hydrogen (secondary N) is 1. The Morgan fingerprint density at radius 1 is 1.52 bits per heavy atom. The van der Waals surface area contributed by atoms with E-state index in [-0.39, 0.29) is 25.0 Å². The number of rotatable bonds is 6. The molecule has 0 aliphatic carbocycles. The molecule has 2 rings (SSSR count). The quantitative estimate of drug-likeness (QED) is 0.766. The van der Waals surface area contributed by atoms with Crippen LogP contribution in [-0.2, 0) is 21.3 Å². The van der Waals surface area contributed by atoms with Crippen LogP contribution in [0, 0.1) is 11.8 Å². The summed E-state index contributed by atoms with van der Waals surface area (Å²) in [5.74, 6) is 5.79. The van der Waals surface area contributed by atoms with Crippen molar-refractivity contribution in [3.05, 3.63) is 21.9 Å². The molecular weight excluding hydrogens is 310 g/mol. The van der Waals surface area contributed by atoms with Gasteiger partial charge in [0.1, 0.15) is 0 Å². The molecule has 1 saturated heterocycles. The summed E-state index contributed by atoms with van der Waals surface area (Å²) in [7, 11) is -3.31. The Kier molecular flexibility index (Phi) is 6.21. The second-order valence-electron chi connectivity index (χ2n) is 4.81. The molecule has 0 spiro atoms. The predicted molar refractivity (Wildman–Crippen MR) is 82.5 cm³/mol. The summed E-state index contributed by atoms with van der Waals surface area (Å²) >= 11 is 1.47. The van der Waals surface area contributed by atoms with Crippen LogP contribution in [0.1, 0.15) is 29.7 Å². The van der Waals surface area contributed by atoms with Crippen molar-refractivity contribution in [1.29, 1.82) is 0 Å². The Morgan fingerprint density at radius 2 is 2.38 bits per heavy atom. The Morgan fingerprint density at radius 3 is 3.10 bits per heavy atom. The predicted octanol–water partition coefficient (Wildman–Crippen LogP) is 1.08. The smallest absolute Gasteiger partial charge is 0.214 e. The van der Waals surface area contributed by atoms with Crippen LogP contribution in [0.4, 0.5) is 0 Å². The third-order valence-electron chi connectivity index (χ3n) is 3.02. The van der Waals surface area contributed by atoms with Gasteiger partial charge in [-0.3, -0.25) is 0 Å². The highest BCUT2D eigenvalue weighted by Crippen LogP contribution is 2.16. The van der Waals surface area contributed by atoms with E-state index in [0.717, 1.165) is 23.3 Å². The van der Waals surface area contributed by atoms with E-state index in [1.165, 1.54) is 11.3 Å². The third kappa shape index (κ3) is 5.77. The molecule has 1 aromatic rings. The minimum atomic E-state index is -3.31. The van der Waals surface area contributed by atoms with Gasteiger partial charge >= 0.3 is 0 Å². The molecule has 1 fully saturated rings. The summed E-state index contributed by atoms with van der Waals surface area (Å²) in [6.07, 6.45) is 2.01. The molecule has 0 radical (unpaired) electrons. The molecule has 0 bridgehead atoms. The summed E-state index contributed by atoms with van der Waals surface area (Å²) in [6.45, 7) is 0.982. The van der Waals surface area contributed by atoms with Gasteiger partial charge in [-0.2, -0.15) is 0 Å². The van der Waals surface area contributed by atoms with Gasteiger partial charge in [0, 0.05) is 35.4 Å². The van der Waals surface area contributed by atoms with Crippen LogP contribution in [-0.4, -0.2) is 38.6 Å². The number of aliphatic hydroxyl groups excluding tert-OH is 1. The lowest BCUT2D eigenvalue weighted by atomic mass is 10.3. The van der Waals surface area contributed by atoms with E-state index in [9.17, 15) is 8.42 Å². The topological polar surface area (TPSA) is 75.6 Å². The zero-order valence-corrected chi connectivity index (χ0v) is 13.3. The lowest BCUT2D eigenvalue weighted by molar-refractivity contribution is 0.127. The maximum atomic E-state index is 11.9.